The maximum Gasteiger partial charge on any atom is 0.312 e. The molecule has 126 valence electrons. The van der Waals surface area contributed by atoms with Gasteiger partial charge in [-0.3, -0.25) is 19.9 Å². The van der Waals surface area contributed by atoms with Gasteiger partial charge in [-0.1, -0.05) is 42.5 Å². The Morgan fingerprint density at radius 1 is 1.04 bits per heavy atom. The maximum absolute atomic E-state index is 12.4. The topological polar surface area (TPSA) is 81.8 Å². The van der Waals surface area contributed by atoms with E-state index in [9.17, 15) is 14.9 Å². The van der Waals surface area contributed by atoms with E-state index in [0.717, 1.165) is 16.8 Å². The van der Waals surface area contributed by atoms with E-state index < -0.39 is 4.92 Å². The van der Waals surface area contributed by atoms with Gasteiger partial charge in [0.1, 0.15) is 6.10 Å². The van der Waals surface area contributed by atoms with E-state index in [4.69, 9.17) is 9.73 Å². The average molecular weight is 336 g/mol. The van der Waals surface area contributed by atoms with Crippen LogP contribution in [0.25, 0.3) is 0 Å². The van der Waals surface area contributed by atoms with Crippen molar-refractivity contribution < 1.29 is 14.5 Å². The molecule has 0 spiro atoms. The van der Waals surface area contributed by atoms with Gasteiger partial charge in [0.15, 0.2) is 0 Å². The summed E-state index contributed by atoms with van der Waals surface area (Å²) in [6.45, 7) is 1.89. The van der Waals surface area contributed by atoms with Crippen LogP contribution in [0, 0.1) is 22.0 Å². The van der Waals surface area contributed by atoms with Gasteiger partial charge >= 0.3 is 5.97 Å². The highest BCUT2D eigenvalue weighted by Crippen LogP contribution is 2.47. The van der Waals surface area contributed by atoms with Gasteiger partial charge < -0.3 is 4.74 Å². The van der Waals surface area contributed by atoms with Crippen LogP contribution in [0.4, 0.5) is 5.69 Å². The number of rotatable bonds is 3. The number of esters is 1. The van der Waals surface area contributed by atoms with Crippen LogP contribution >= 0.6 is 0 Å². The van der Waals surface area contributed by atoms with Crippen molar-refractivity contribution in [3.63, 3.8) is 0 Å². The van der Waals surface area contributed by atoms with Crippen molar-refractivity contribution in [1.82, 2.24) is 0 Å². The van der Waals surface area contributed by atoms with Crippen molar-refractivity contribution >= 4 is 17.4 Å². The number of fused-ring (bicyclic) bond motifs is 1. The Balaban J connectivity index is 1.77. The van der Waals surface area contributed by atoms with Crippen LogP contribution in [-0.4, -0.2) is 22.7 Å². The number of cyclic esters (lactones) is 1. The second-order valence-electron chi connectivity index (χ2n) is 6.37. The van der Waals surface area contributed by atoms with Crippen molar-refractivity contribution in [2.24, 2.45) is 16.8 Å². The number of nitrogens with zero attached hydrogens (tertiary/aromatic N) is 2. The molecule has 6 heteroatoms. The molecule has 0 aromatic heterocycles. The number of nitro groups is 1. The van der Waals surface area contributed by atoms with Crippen molar-refractivity contribution in [1.29, 1.82) is 0 Å². The minimum atomic E-state index is -0.439. The Bertz CT molecular complexity index is 861. The normalized spacial score (nSPS) is 27.6. The fraction of sp³-hybridized carbons (Fsp3) is 0.263. The van der Waals surface area contributed by atoms with Crippen LogP contribution in [0.5, 0.6) is 0 Å². The second-order valence-corrected chi connectivity index (χ2v) is 6.37. The monoisotopic (exact) mass is 336 g/mol. The molecule has 0 amide bonds. The molecule has 4 rings (SSSR count). The fourth-order valence-electron chi connectivity index (χ4n) is 3.76. The van der Waals surface area contributed by atoms with Gasteiger partial charge in [0.25, 0.3) is 5.69 Å². The molecule has 0 radical (unpaired) electrons. The van der Waals surface area contributed by atoms with E-state index in [1.807, 2.05) is 37.3 Å². The van der Waals surface area contributed by atoms with Gasteiger partial charge in [0, 0.05) is 12.1 Å². The first-order valence-corrected chi connectivity index (χ1v) is 8.14. The lowest BCUT2D eigenvalue weighted by Gasteiger charge is -2.15. The lowest BCUT2D eigenvalue weighted by atomic mass is 9.82. The van der Waals surface area contributed by atoms with Crippen molar-refractivity contribution in [2.45, 2.75) is 19.1 Å². The van der Waals surface area contributed by atoms with Crippen molar-refractivity contribution in [3.8, 4) is 0 Å². The van der Waals surface area contributed by atoms with E-state index in [0.29, 0.717) is 0 Å². The molecule has 1 fully saturated rings. The molecule has 4 atom stereocenters. The van der Waals surface area contributed by atoms with Gasteiger partial charge in [-0.15, -0.1) is 0 Å². The molecule has 0 bridgehead atoms. The number of hydrogen-bond donors (Lipinski definition) is 0. The summed E-state index contributed by atoms with van der Waals surface area (Å²) in [7, 11) is 0. The molecule has 2 aliphatic rings. The fourth-order valence-corrected chi connectivity index (χ4v) is 3.76. The summed E-state index contributed by atoms with van der Waals surface area (Å²) in [5.41, 5.74) is 2.66. The Hall–Kier alpha value is -3.02. The van der Waals surface area contributed by atoms with Crippen LogP contribution in [-0.2, 0) is 9.53 Å². The van der Waals surface area contributed by atoms with E-state index in [1.165, 1.54) is 12.1 Å². The molecule has 2 aliphatic heterocycles. The summed E-state index contributed by atoms with van der Waals surface area (Å²) in [5.74, 6) is -0.739. The molecule has 0 saturated carbocycles. The second kappa shape index (κ2) is 5.81. The molecular formula is C19H16N2O4. The number of non-ortho nitro benzene ring substituents is 1. The first kappa shape index (κ1) is 15.5. The molecular weight excluding hydrogens is 320 g/mol. The zero-order valence-electron chi connectivity index (χ0n) is 13.5. The Labute approximate surface area is 144 Å². The number of nitro benzene ring substituents is 1. The van der Waals surface area contributed by atoms with Crippen LogP contribution in [0.2, 0.25) is 0 Å². The van der Waals surface area contributed by atoms with E-state index in [1.54, 1.807) is 12.1 Å². The smallest absolute Gasteiger partial charge is 0.312 e. The summed E-state index contributed by atoms with van der Waals surface area (Å²) in [5, 5.41) is 10.9. The third kappa shape index (κ3) is 2.50. The number of aliphatic imine (C=N–C) groups is 1. The number of ether oxygens (including phenoxy) is 1. The molecule has 2 heterocycles. The summed E-state index contributed by atoms with van der Waals surface area (Å²) < 4.78 is 5.47. The van der Waals surface area contributed by atoms with Gasteiger partial charge in [-0.2, -0.15) is 0 Å². The maximum atomic E-state index is 12.4. The molecule has 2 aromatic carbocycles. The number of carbonyl (C=O) groups is 1. The minimum absolute atomic E-state index is 0.0212. The van der Waals surface area contributed by atoms with Crippen LogP contribution in [0.3, 0.4) is 0 Å². The summed E-state index contributed by atoms with van der Waals surface area (Å²) in [6, 6.07) is 15.6. The zero-order valence-corrected chi connectivity index (χ0v) is 13.5. The number of benzene rings is 2. The molecule has 6 nitrogen and oxygen atoms in total. The number of carbonyl (C=O) groups excluding carboxylic acids is 1. The summed E-state index contributed by atoms with van der Waals surface area (Å²) >= 11 is 0. The van der Waals surface area contributed by atoms with Crippen LogP contribution in [0.1, 0.15) is 24.1 Å². The van der Waals surface area contributed by atoms with Gasteiger partial charge in [0.05, 0.1) is 28.5 Å². The molecule has 25 heavy (non-hydrogen) atoms. The SMILES string of the molecule is C[C@@H]1OC(=O)C2C1C(c1ccccc1)=N[C@H]2c1ccc([N+](=O)[O-])cc1. The van der Waals surface area contributed by atoms with E-state index in [2.05, 4.69) is 0 Å². The first-order valence-electron chi connectivity index (χ1n) is 8.14. The predicted octanol–water partition coefficient (Wildman–Crippen LogP) is 3.32. The summed E-state index contributed by atoms with van der Waals surface area (Å²) in [6.07, 6.45) is -0.237. The largest absolute Gasteiger partial charge is 0.462 e. The highest BCUT2D eigenvalue weighted by Gasteiger charge is 2.53. The predicted molar refractivity (Wildman–Crippen MR) is 91.4 cm³/mol. The zero-order chi connectivity index (χ0) is 17.6. The van der Waals surface area contributed by atoms with Crippen molar-refractivity contribution in [2.75, 3.05) is 0 Å². The summed E-state index contributed by atoms with van der Waals surface area (Å²) in [4.78, 5) is 27.6. The quantitative estimate of drug-likeness (QED) is 0.489. The molecule has 1 saturated heterocycles. The third-order valence-electron chi connectivity index (χ3n) is 4.92. The Morgan fingerprint density at radius 3 is 2.36 bits per heavy atom. The molecule has 0 aliphatic carbocycles. The Kier molecular flexibility index (Phi) is 3.60. The molecule has 0 N–H and O–H groups in total. The van der Waals surface area contributed by atoms with E-state index in [-0.39, 0.29) is 35.6 Å². The third-order valence-corrected chi connectivity index (χ3v) is 4.92. The van der Waals surface area contributed by atoms with Gasteiger partial charge in [-0.05, 0) is 18.1 Å². The highest BCUT2D eigenvalue weighted by atomic mass is 16.6. The average Bonchev–Trinajstić information content (AvgIpc) is 3.15. The molecule has 2 unspecified atom stereocenters. The first-order chi connectivity index (χ1) is 12.1. The van der Waals surface area contributed by atoms with Gasteiger partial charge in [-0.25, -0.2) is 0 Å². The minimum Gasteiger partial charge on any atom is -0.462 e. The van der Waals surface area contributed by atoms with Gasteiger partial charge in [0.2, 0.25) is 0 Å². The molecule has 2 aromatic rings. The van der Waals surface area contributed by atoms with E-state index >= 15 is 0 Å². The van der Waals surface area contributed by atoms with Crippen LogP contribution in [0.15, 0.2) is 59.6 Å². The standard InChI is InChI=1S/C19H16N2O4/c1-11-15-16(19(22)25-11)18(13-7-9-14(10-8-13)21(23)24)20-17(15)12-5-3-2-4-6-12/h2-11,15-16,18H,1H3/t11-,15?,16?,18-/m0/s1. The lowest BCUT2D eigenvalue weighted by molar-refractivity contribution is -0.384. The van der Waals surface area contributed by atoms with Crippen molar-refractivity contribution in [3.05, 3.63) is 75.8 Å². The highest BCUT2D eigenvalue weighted by molar-refractivity contribution is 6.07. The Morgan fingerprint density at radius 2 is 1.72 bits per heavy atom. The van der Waals surface area contributed by atoms with Crippen LogP contribution < -0.4 is 0 Å². The number of hydrogen-bond acceptors (Lipinski definition) is 5. The lowest BCUT2D eigenvalue weighted by Crippen LogP contribution is -2.25.